The fraction of sp³-hybridized carbons (Fsp3) is 0.364. The van der Waals surface area contributed by atoms with E-state index < -0.39 is 0 Å². The third kappa shape index (κ3) is 2.25. The Balaban J connectivity index is 1.80. The van der Waals surface area contributed by atoms with Gasteiger partial charge in [0.25, 0.3) is 5.95 Å². The monoisotopic (exact) mass is 244 g/mol. The normalized spacial score (nSPS) is 15.7. The third-order valence-electron chi connectivity index (χ3n) is 2.70. The average molecular weight is 244 g/mol. The number of hydrogen-bond donors (Lipinski definition) is 0. The summed E-state index contributed by atoms with van der Waals surface area (Å²) in [6.07, 6.45) is 3.38. The molecule has 0 amide bonds. The van der Waals surface area contributed by atoms with Gasteiger partial charge in [-0.15, -0.1) is 20.4 Å². The van der Waals surface area contributed by atoms with E-state index >= 15 is 0 Å². The van der Waals surface area contributed by atoms with Crippen LogP contribution in [0.4, 0.5) is 5.95 Å². The molecule has 3 rings (SSSR count). The molecular formula is C11H12N6O. The molecule has 0 radical (unpaired) electrons. The highest BCUT2D eigenvalue weighted by Gasteiger charge is 2.15. The summed E-state index contributed by atoms with van der Waals surface area (Å²) in [7, 11) is 0. The molecule has 2 aromatic rings. The second-order valence-corrected chi connectivity index (χ2v) is 3.86. The molecule has 0 unspecified atom stereocenters. The lowest BCUT2D eigenvalue weighted by Gasteiger charge is -2.25. The summed E-state index contributed by atoms with van der Waals surface area (Å²) in [5.41, 5.74) is 0.860. The molecule has 0 aromatic carbocycles. The van der Waals surface area contributed by atoms with E-state index in [4.69, 9.17) is 4.74 Å². The van der Waals surface area contributed by atoms with Crippen LogP contribution in [0.2, 0.25) is 0 Å². The highest BCUT2D eigenvalue weighted by atomic mass is 16.5. The maximum Gasteiger partial charge on any atom is 0.264 e. The highest BCUT2D eigenvalue weighted by Crippen LogP contribution is 2.12. The molecule has 0 saturated carbocycles. The molecule has 7 nitrogen and oxygen atoms in total. The van der Waals surface area contributed by atoms with Crippen molar-refractivity contribution in [3.8, 4) is 11.4 Å². The molecule has 1 saturated heterocycles. The van der Waals surface area contributed by atoms with Crippen LogP contribution >= 0.6 is 0 Å². The van der Waals surface area contributed by atoms with Gasteiger partial charge in [0, 0.05) is 31.0 Å². The molecule has 1 aliphatic heterocycles. The van der Waals surface area contributed by atoms with Crippen LogP contribution in [-0.2, 0) is 4.74 Å². The summed E-state index contributed by atoms with van der Waals surface area (Å²) in [6.45, 7) is 2.93. The number of pyridine rings is 1. The molecule has 92 valence electrons. The number of rotatable bonds is 2. The Hall–Kier alpha value is -2.15. The van der Waals surface area contributed by atoms with Crippen LogP contribution in [-0.4, -0.2) is 51.7 Å². The van der Waals surface area contributed by atoms with Crippen molar-refractivity contribution in [3.05, 3.63) is 24.5 Å². The Morgan fingerprint density at radius 1 is 0.944 bits per heavy atom. The fourth-order valence-corrected chi connectivity index (χ4v) is 1.73. The van der Waals surface area contributed by atoms with Crippen molar-refractivity contribution < 1.29 is 4.74 Å². The molecular weight excluding hydrogens is 232 g/mol. The summed E-state index contributed by atoms with van der Waals surface area (Å²) in [6, 6.07) is 3.65. The molecule has 1 fully saturated rings. The minimum absolute atomic E-state index is 0.509. The Labute approximate surface area is 104 Å². The number of hydrogen-bond acceptors (Lipinski definition) is 7. The van der Waals surface area contributed by atoms with Crippen LogP contribution in [0.3, 0.4) is 0 Å². The lowest BCUT2D eigenvalue weighted by Crippen LogP contribution is -2.37. The molecule has 0 atom stereocenters. The van der Waals surface area contributed by atoms with E-state index in [1.165, 1.54) is 0 Å². The quantitative estimate of drug-likeness (QED) is 0.745. The molecule has 0 spiro atoms. The zero-order chi connectivity index (χ0) is 12.2. The number of nitrogens with zero attached hydrogens (tertiary/aromatic N) is 6. The first kappa shape index (κ1) is 11.0. The minimum atomic E-state index is 0.509. The van der Waals surface area contributed by atoms with E-state index in [1.807, 2.05) is 17.0 Å². The van der Waals surface area contributed by atoms with Gasteiger partial charge in [0.2, 0.25) is 5.82 Å². The lowest BCUT2D eigenvalue weighted by atomic mass is 10.3. The SMILES string of the molecule is c1cc(-c2nnc(N3CCOCC3)nn2)ccn1. The van der Waals surface area contributed by atoms with Crippen LogP contribution in [0.25, 0.3) is 11.4 Å². The fourth-order valence-electron chi connectivity index (χ4n) is 1.73. The maximum atomic E-state index is 5.27. The van der Waals surface area contributed by atoms with Crippen molar-refractivity contribution in [2.45, 2.75) is 0 Å². The summed E-state index contributed by atoms with van der Waals surface area (Å²) < 4.78 is 5.27. The number of morpholine rings is 1. The topological polar surface area (TPSA) is 76.9 Å². The van der Waals surface area contributed by atoms with E-state index in [9.17, 15) is 0 Å². The van der Waals surface area contributed by atoms with Gasteiger partial charge in [-0.3, -0.25) is 4.98 Å². The zero-order valence-electron chi connectivity index (χ0n) is 9.73. The molecule has 2 aromatic heterocycles. The molecule has 0 aliphatic carbocycles. The van der Waals surface area contributed by atoms with Gasteiger partial charge in [-0.2, -0.15) is 0 Å². The smallest absolute Gasteiger partial charge is 0.264 e. The Kier molecular flexibility index (Phi) is 3.05. The van der Waals surface area contributed by atoms with E-state index in [2.05, 4.69) is 25.4 Å². The summed E-state index contributed by atoms with van der Waals surface area (Å²) >= 11 is 0. The van der Waals surface area contributed by atoms with Gasteiger partial charge in [-0.05, 0) is 12.1 Å². The first-order valence-electron chi connectivity index (χ1n) is 5.74. The second kappa shape index (κ2) is 5.01. The zero-order valence-corrected chi connectivity index (χ0v) is 9.73. The highest BCUT2D eigenvalue weighted by molar-refractivity contribution is 5.52. The Morgan fingerprint density at radius 3 is 2.28 bits per heavy atom. The number of anilines is 1. The predicted octanol–water partition coefficient (Wildman–Crippen LogP) is 0.165. The van der Waals surface area contributed by atoms with Gasteiger partial charge >= 0.3 is 0 Å². The largest absolute Gasteiger partial charge is 0.378 e. The van der Waals surface area contributed by atoms with Crippen molar-refractivity contribution in [3.63, 3.8) is 0 Å². The first-order valence-corrected chi connectivity index (χ1v) is 5.74. The molecule has 0 N–H and O–H groups in total. The molecule has 1 aliphatic rings. The summed E-state index contributed by atoms with van der Waals surface area (Å²) in [5.74, 6) is 1.06. The van der Waals surface area contributed by atoms with Crippen molar-refractivity contribution in [2.24, 2.45) is 0 Å². The minimum Gasteiger partial charge on any atom is -0.378 e. The van der Waals surface area contributed by atoms with Gasteiger partial charge in [-0.25, -0.2) is 0 Å². The Bertz CT molecular complexity index is 497. The third-order valence-corrected chi connectivity index (χ3v) is 2.70. The van der Waals surface area contributed by atoms with Gasteiger partial charge in [0.05, 0.1) is 13.2 Å². The standard InChI is InChI=1S/C11H12N6O/c1-3-12-4-2-9(1)10-13-15-11(16-14-10)17-5-7-18-8-6-17/h1-4H,5-8H2. The summed E-state index contributed by atoms with van der Waals surface area (Å²) in [4.78, 5) is 5.96. The van der Waals surface area contributed by atoms with E-state index in [-0.39, 0.29) is 0 Å². The number of aromatic nitrogens is 5. The van der Waals surface area contributed by atoms with Crippen molar-refractivity contribution >= 4 is 5.95 Å². The Morgan fingerprint density at radius 2 is 1.61 bits per heavy atom. The maximum absolute atomic E-state index is 5.27. The lowest BCUT2D eigenvalue weighted by molar-refractivity contribution is 0.122. The van der Waals surface area contributed by atoms with Crippen molar-refractivity contribution in [2.75, 3.05) is 31.2 Å². The van der Waals surface area contributed by atoms with E-state index in [0.717, 1.165) is 18.7 Å². The predicted molar refractivity (Wildman–Crippen MR) is 63.9 cm³/mol. The van der Waals surface area contributed by atoms with Crippen LogP contribution in [0, 0.1) is 0 Å². The van der Waals surface area contributed by atoms with Crippen LogP contribution in [0.1, 0.15) is 0 Å². The molecule has 7 heteroatoms. The summed E-state index contributed by atoms with van der Waals surface area (Å²) in [5, 5.41) is 16.4. The van der Waals surface area contributed by atoms with Crippen LogP contribution in [0.15, 0.2) is 24.5 Å². The van der Waals surface area contributed by atoms with Gasteiger partial charge in [0.1, 0.15) is 0 Å². The van der Waals surface area contributed by atoms with Gasteiger partial charge in [0.15, 0.2) is 0 Å². The van der Waals surface area contributed by atoms with Crippen LogP contribution < -0.4 is 4.90 Å². The number of ether oxygens (including phenoxy) is 1. The first-order chi connectivity index (χ1) is 8.93. The average Bonchev–Trinajstić information content (AvgIpc) is 2.49. The van der Waals surface area contributed by atoms with E-state index in [1.54, 1.807) is 12.4 Å². The van der Waals surface area contributed by atoms with Gasteiger partial charge in [-0.1, -0.05) is 0 Å². The van der Waals surface area contributed by atoms with Crippen LogP contribution in [0.5, 0.6) is 0 Å². The molecule has 0 bridgehead atoms. The van der Waals surface area contributed by atoms with Crippen molar-refractivity contribution in [1.29, 1.82) is 0 Å². The van der Waals surface area contributed by atoms with E-state index in [0.29, 0.717) is 25.0 Å². The second-order valence-electron chi connectivity index (χ2n) is 3.86. The molecule has 18 heavy (non-hydrogen) atoms. The van der Waals surface area contributed by atoms with Gasteiger partial charge < -0.3 is 9.64 Å². The molecule has 3 heterocycles. The van der Waals surface area contributed by atoms with Crippen molar-refractivity contribution in [1.82, 2.24) is 25.4 Å².